The Balaban J connectivity index is 1.53. The fourth-order valence-corrected chi connectivity index (χ4v) is 6.01. The Morgan fingerprint density at radius 1 is 0.953 bits per heavy atom. The highest BCUT2D eigenvalue weighted by atomic mass is 32.2. The van der Waals surface area contributed by atoms with Gasteiger partial charge in [0.05, 0.1) is 12.0 Å². The normalized spacial score (nSPS) is 13.7. The molecular weight excluding hydrogens is 566 g/mol. The first kappa shape index (κ1) is 32.2. The standard InChI is InChI=1S/C33H41N3O6S/c1-3-42-23-7-22-34-33(38)32(27-8-5-4-6-9-27)36(24-26-10-17-29(41-2)18-11-26)31(37)21-14-25-12-19-30(20-13-25)43(39,40)35-28-15-16-28/h4-6,8-13,17-20,28,32,35H,3,7,14-16,21-24H2,1-2H3,(H,34,38). The summed E-state index contributed by atoms with van der Waals surface area (Å²) in [6.45, 7) is 3.73. The number of nitrogens with one attached hydrogen (secondary N) is 2. The van der Waals surface area contributed by atoms with Gasteiger partial charge in [-0.2, -0.15) is 0 Å². The van der Waals surface area contributed by atoms with Gasteiger partial charge in [-0.05, 0) is 73.6 Å². The molecule has 0 bridgehead atoms. The van der Waals surface area contributed by atoms with Crippen LogP contribution in [0.4, 0.5) is 0 Å². The van der Waals surface area contributed by atoms with Gasteiger partial charge in [0.15, 0.2) is 0 Å². The van der Waals surface area contributed by atoms with Gasteiger partial charge in [0.25, 0.3) is 0 Å². The summed E-state index contributed by atoms with van der Waals surface area (Å²) >= 11 is 0. The van der Waals surface area contributed by atoms with Gasteiger partial charge in [0, 0.05) is 38.8 Å². The van der Waals surface area contributed by atoms with Crippen molar-refractivity contribution in [3.8, 4) is 5.75 Å². The van der Waals surface area contributed by atoms with Gasteiger partial charge < -0.3 is 19.7 Å². The third kappa shape index (κ3) is 9.64. The monoisotopic (exact) mass is 607 g/mol. The molecule has 230 valence electrons. The molecule has 10 heteroatoms. The number of amides is 2. The Morgan fingerprint density at radius 2 is 1.63 bits per heavy atom. The maximum absolute atomic E-state index is 13.9. The molecule has 1 fully saturated rings. The van der Waals surface area contributed by atoms with Crippen LogP contribution in [0.2, 0.25) is 0 Å². The second-order valence-electron chi connectivity index (χ2n) is 10.6. The first-order chi connectivity index (χ1) is 20.8. The number of benzene rings is 3. The Hall–Kier alpha value is -3.73. The van der Waals surface area contributed by atoms with E-state index in [9.17, 15) is 18.0 Å². The van der Waals surface area contributed by atoms with Crippen LogP contribution in [0.1, 0.15) is 55.3 Å². The zero-order valence-electron chi connectivity index (χ0n) is 24.8. The highest BCUT2D eigenvalue weighted by Gasteiger charge is 2.31. The number of aryl methyl sites for hydroxylation is 1. The molecule has 1 aliphatic carbocycles. The SMILES string of the molecule is CCOCCCNC(=O)C(c1ccccc1)N(Cc1ccc(OC)cc1)C(=O)CCc1ccc(S(=O)(=O)NC2CC2)cc1. The second kappa shape index (κ2) is 15.7. The number of hydrogen-bond acceptors (Lipinski definition) is 6. The lowest BCUT2D eigenvalue weighted by atomic mass is 10.0. The summed E-state index contributed by atoms with van der Waals surface area (Å²) in [5.41, 5.74) is 2.40. The van der Waals surface area contributed by atoms with Crippen molar-refractivity contribution in [2.75, 3.05) is 26.9 Å². The summed E-state index contributed by atoms with van der Waals surface area (Å²) in [5, 5.41) is 3.00. The van der Waals surface area contributed by atoms with E-state index in [0.717, 1.165) is 24.0 Å². The molecule has 43 heavy (non-hydrogen) atoms. The van der Waals surface area contributed by atoms with Crippen LogP contribution in [0.25, 0.3) is 0 Å². The Morgan fingerprint density at radius 3 is 2.26 bits per heavy atom. The molecule has 2 N–H and O–H groups in total. The van der Waals surface area contributed by atoms with Crippen LogP contribution >= 0.6 is 0 Å². The zero-order chi connectivity index (χ0) is 30.7. The average molecular weight is 608 g/mol. The van der Waals surface area contributed by atoms with Crippen molar-refractivity contribution in [3.63, 3.8) is 0 Å². The van der Waals surface area contributed by atoms with Gasteiger partial charge >= 0.3 is 0 Å². The summed E-state index contributed by atoms with van der Waals surface area (Å²) in [6.07, 6.45) is 2.92. The maximum Gasteiger partial charge on any atom is 0.247 e. The molecule has 0 spiro atoms. The van der Waals surface area contributed by atoms with Crippen molar-refractivity contribution in [2.45, 2.75) is 62.6 Å². The summed E-state index contributed by atoms with van der Waals surface area (Å²) in [6, 6.07) is 22.5. The highest BCUT2D eigenvalue weighted by Crippen LogP contribution is 2.26. The van der Waals surface area contributed by atoms with Crippen molar-refractivity contribution in [1.82, 2.24) is 14.9 Å². The lowest BCUT2D eigenvalue weighted by molar-refractivity contribution is -0.141. The number of methoxy groups -OCH3 is 1. The number of hydrogen-bond donors (Lipinski definition) is 2. The summed E-state index contributed by atoms with van der Waals surface area (Å²) in [5.74, 6) is 0.245. The predicted molar refractivity (Wildman–Crippen MR) is 165 cm³/mol. The molecule has 2 amide bonds. The van der Waals surface area contributed by atoms with E-state index in [4.69, 9.17) is 9.47 Å². The third-order valence-electron chi connectivity index (χ3n) is 7.24. The summed E-state index contributed by atoms with van der Waals surface area (Å²) in [4.78, 5) is 29.4. The quantitative estimate of drug-likeness (QED) is 0.220. The molecule has 0 heterocycles. The Bertz CT molecular complexity index is 1430. The molecule has 9 nitrogen and oxygen atoms in total. The van der Waals surface area contributed by atoms with Crippen molar-refractivity contribution < 1.29 is 27.5 Å². The minimum Gasteiger partial charge on any atom is -0.497 e. The van der Waals surface area contributed by atoms with E-state index < -0.39 is 16.1 Å². The smallest absolute Gasteiger partial charge is 0.247 e. The number of sulfonamides is 1. The molecule has 3 aromatic rings. The van der Waals surface area contributed by atoms with Crippen LogP contribution in [-0.2, 0) is 37.3 Å². The third-order valence-corrected chi connectivity index (χ3v) is 8.77. The topological polar surface area (TPSA) is 114 Å². The number of nitrogens with zero attached hydrogens (tertiary/aromatic N) is 1. The molecular formula is C33H41N3O6S. The largest absolute Gasteiger partial charge is 0.497 e. The molecule has 1 saturated carbocycles. The van der Waals surface area contributed by atoms with E-state index in [1.54, 1.807) is 36.3 Å². The Labute approximate surface area is 254 Å². The summed E-state index contributed by atoms with van der Waals surface area (Å²) < 4.78 is 38.5. The first-order valence-electron chi connectivity index (χ1n) is 14.7. The first-order valence-corrected chi connectivity index (χ1v) is 16.2. The lowest BCUT2D eigenvalue weighted by Gasteiger charge is -2.32. The minimum atomic E-state index is -3.55. The van der Waals surface area contributed by atoms with Gasteiger partial charge in [0.2, 0.25) is 21.8 Å². The van der Waals surface area contributed by atoms with Crippen molar-refractivity contribution in [2.24, 2.45) is 0 Å². The van der Waals surface area contributed by atoms with E-state index in [-0.39, 0.29) is 35.7 Å². The summed E-state index contributed by atoms with van der Waals surface area (Å²) in [7, 11) is -1.95. The van der Waals surface area contributed by atoms with E-state index in [0.29, 0.717) is 43.9 Å². The van der Waals surface area contributed by atoms with Gasteiger partial charge in [-0.15, -0.1) is 0 Å². The molecule has 0 aromatic heterocycles. The fourth-order valence-electron chi connectivity index (χ4n) is 4.70. The zero-order valence-corrected chi connectivity index (χ0v) is 25.6. The number of rotatable bonds is 17. The van der Waals surface area contributed by atoms with Crippen LogP contribution < -0.4 is 14.8 Å². The van der Waals surface area contributed by atoms with Crippen LogP contribution in [0.15, 0.2) is 83.8 Å². The molecule has 1 aliphatic rings. The minimum absolute atomic E-state index is 0.0263. The molecule has 0 radical (unpaired) electrons. The number of carbonyl (C=O) groups excluding carboxylic acids is 2. The number of carbonyl (C=O) groups is 2. The predicted octanol–water partition coefficient (Wildman–Crippen LogP) is 4.38. The fraction of sp³-hybridized carbons (Fsp3) is 0.394. The Kier molecular flexibility index (Phi) is 11.7. The van der Waals surface area contributed by atoms with Gasteiger partial charge in [-0.1, -0.05) is 54.6 Å². The molecule has 0 saturated heterocycles. The van der Waals surface area contributed by atoms with Crippen LogP contribution in [0.3, 0.4) is 0 Å². The van der Waals surface area contributed by atoms with Crippen LogP contribution in [0.5, 0.6) is 5.75 Å². The van der Waals surface area contributed by atoms with Gasteiger partial charge in [-0.3, -0.25) is 9.59 Å². The van der Waals surface area contributed by atoms with Crippen molar-refractivity contribution in [3.05, 3.63) is 95.6 Å². The molecule has 1 unspecified atom stereocenters. The van der Waals surface area contributed by atoms with Crippen molar-refractivity contribution >= 4 is 21.8 Å². The van der Waals surface area contributed by atoms with E-state index in [2.05, 4.69) is 10.0 Å². The van der Waals surface area contributed by atoms with Gasteiger partial charge in [0.1, 0.15) is 11.8 Å². The molecule has 1 atom stereocenters. The maximum atomic E-state index is 13.9. The second-order valence-corrected chi connectivity index (χ2v) is 12.3. The van der Waals surface area contributed by atoms with Crippen LogP contribution in [-0.4, -0.2) is 58.0 Å². The van der Waals surface area contributed by atoms with Crippen molar-refractivity contribution in [1.29, 1.82) is 0 Å². The van der Waals surface area contributed by atoms with Crippen LogP contribution in [0, 0.1) is 0 Å². The molecule has 4 rings (SSSR count). The molecule has 3 aromatic carbocycles. The highest BCUT2D eigenvalue weighted by molar-refractivity contribution is 7.89. The van der Waals surface area contributed by atoms with E-state index in [1.807, 2.05) is 61.5 Å². The van der Waals surface area contributed by atoms with E-state index >= 15 is 0 Å². The molecule has 0 aliphatic heterocycles. The number of ether oxygens (including phenoxy) is 2. The average Bonchev–Trinajstić information content (AvgIpc) is 3.84. The van der Waals surface area contributed by atoms with E-state index in [1.165, 1.54) is 0 Å². The lowest BCUT2D eigenvalue weighted by Crippen LogP contribution is -2.43. The van der Waals surface area contributed by atoms with Gasteiger partial charge in [-0.25, -0.2) is 13.1 Å².